The Labute approximate surface area is 185 Å². The third-order valence-corrected chi connectivity index (χ3v) is 8.07. The van der Waals surface area contributed by atoms with Gasteiger partial charge < -0.3 is 10.1 Å². The Morgan fingerprint density at radius 1 is 1.20 bits per heavy atom. The number of nitrogens with one attached hydrogen (secondary N) is 1. The van der Waals surface area contributed by atoms with Crippen LogP contribution in [0.15, 0.2) is 63.1 Å². The molecule has 0 radical (unpaired) electrons. The molecule has 1 aliphatic heterocycles. The van der Waals surface area contributed by atoms with Crippen LogP contribution >= 0.6 is 23.1 Å². The predicted octanol–water partition coefficient (Wildman–Crippen LogP) is 5.31. The van der Waals surface area contributed by atoms with E-state index in [0.717, 1.165) is 33.2 Å². The average Bonchev–Trinajstić information content (AvgIpc) is 3.13. The molecule has 0 bridgehead atoms. The van der Waals surface area contributed by atoms with E-state index in [-0.39, 0.29) is 23.6 Å². The van der Waals surface area contributed by atoms with Gasteiger partial charge in [0.25, 0.3) is 0 Å². The molecule has 156 valence electrons. The van der Waals surface area contributed by atoms with Crippen molar-refractivity contribution in [3.05, 3.63) is 74.9 Å². The maximum absolute atomic E-state index is 13.5. The van der Waals surface area contributed by atoms with Crippen molar-refractivity contribution in [2.24, 2.45) is 0 Å². The summed E-state index contributed by atoms with van der Waals surface area (Å²) in [6, 6.07) is 12.3. The van der Waals surface area contributed by atoms with Crippen LogP contribution in [0.25, 0.3) is 0 Å². The van der Waals surface area contributed by atoms with Gasteiger partial charge in [0.1, 0.15) is 0 Å². The highest BCUT2D eigenvalue weighted by Gasteiger charge is 2.42. The zero-order chi connectivity index (χ0) is 21.4. The smallest absolute Gasteiger partial charge is 0.336 e. The number of ether oxygens (including phenoxy) is 1. The second-order valence-electron chi connectivity index (χ2n) is 7.72. The third kappa shape index (κ3) is 3.63. The molecule has 6 heteroatoms. The van der Waals surface area contributed by atoms with Crippen LogP contribution in [0.3, 0.4) is 0 Å². The first-order valence-corrected chi connectivity index (χ1v) is 12.0. The summed E-state index contributed by atoms with van der Waals surface area (Å²) in [7, 11) is 1.39. The highest BCUT2D eigenvalue weighted by Crippen LogP contribution is 2.49. The average molecular weight is 440 g/mol. The second-order valence-corrected chi connectivity index (χ2v) is 10.1. The summed E-state index contributed by atoms with van der Waals surface area (Å²) < 4.78 is 6.26. The Hall–Kier alpha value is -2.31. The molecule has 0 amide bonds. The highest BCUT2D eigenvalue weighted by molar-refractivity contribution is 8.00. The lowest BCUT2D eigenvalue weighted by Crippen LogP contribution is -2.36. The molecule has 2 heterocycles. The van der Waals surface area contributed by atoms with Gasteiger partial charge in [0.2, 0.25) is 0 Å². The summed E-state index contributed by atoms with van der Waals surface area (Å²) in [5, 5.41) is 3.39. The number of thioether (sulfide) groups is 1. The highest BCUT2D eigenvalue weighted by atomic mass is 32.2. The Morgan fingerprint density at radius 2 is 1.93 bits per heavy atom. The third-order valence-electron chi connectivity index (χ3n) is 5.85. The first-order chi connectivity index (χ1) is 14.4. The number of ketones is 1. The predicted molar refractivity (Wildman–Crippen MR) is 122 cm³/mol. The standard InChI is InChI=1S/C24H25NO3S2/c1-13-10-17(24(29-4)30-13)21-20(23(27)28-3)14(2)25-18-11-16(12-19(26)22(18)21)15-8-6-5-7-9-15/h5-10,16,21,25H,11-12H2,1-4H3/t16-,21-/m1/s1. The van der Waals surface area contributed by atoms with Gasteiger partial charge in [-0.2, -0.15) is 0 Å². The molecule has 0 saturated carbocycles. The Morgan fingerprint density at radius 3 is 2.60 bits per heavy atom. The number of aryl methyl sites for hydroxylation is 1. The van der Waals surface area contributed by atoms with Crippen LogP contribution in [-0.2, 0) is 14.3 Å². The number of methoxy groups -OCH3 is 1. The first kappa shape index (κ1) is 20.9. The number of hydrogen-bond acceptors (Lipinski definition) is 6. The number of Topliss-reactive ketones (excluding diaryl/α,β-unsaturated/α-hetero) is 1. The molecule has 0 saturated heterocycles. The zero-order valence-corrected chi connectivity index (χ0v) is 19.2. The minimum absolute atomic E-state index is 0.104. The van der Waals surface area contributed by atoms with Gasteiger partial charge in [-0.1, -0.05) is 30.3 Å². The molecule has 1 aliphatic carbocycles. The number of carbonyl (C=O) groups excluding carboxylic acids is 2. The molecule has 0 fully saturated rings. The van der Waals surface area contributed by atoms with E-state index in [9.17, 15) is 9.59 Å². The van der Waals surface area contributed by atoms with Gasteiger partial charge in [-0.05, 0) is 49.6 Å². The van der Waals surface area contributed by atoms with Crippen molar-refractivity contribution in [3.63, 3.8) is 0 Å². The van der Waals surface area contributed by atoms with Crippen molar-refractivity contribution in [1.82, 2.24) is 5.32 Å². The SMILES string of the molecule is COC(=O)C1=C(C)NC2=C(C(=O)C[C@H](c3ccccc3)C2)[C@@H]1c1cc(C)sc1SC. The van der Waals surface area contributed by atoms with Crippen LogP contribution in [0.4, 0.5) is 0 Å². The lowest BCUT2D eigenvalue weighted by molar-refractivity contribution is -0.136. The van der Waals surface area contributed by atoms with Crippen LogP contribution in [0, 0.1) is 6.92 Å². The molecule has 2 atom stereocenters. The van der Waals surface area contributed by atoms with Gasteiger partial charge in [0.05, 0.1) is 22.8 Å². The number of hydrogen-bond donors (Lipinski definition) is 1. The molecular formula is C24H25NO3S2. The van der Waals surface area contributed by atoms with Crippen molar-refractivity contribution in [1.29, 1.82) is 0 Å². The number of dihydropyridines is 1. The normalized spacial score (nSPS) is 21.4. The summed E-state index contributed by atoms with van der Waals surface area (Å²) >= 11 is 3.36. The number of carbonyl (C=O) groups is 2. The Bertz CT molecular complexity index is 1070. The largest absolute Gasteiger partial charge is 0.466 e. The summed E-state index contributed by atoms with van der Waals surface area (Å²) in [6.07, 6.45) is 3.24. The molecular weight excluding hydrogens is 414 g/mol. The second kappa shape index (κ2) is 8.44. The van der Waals surface area contributed by atoms with Crippen molar-refractivity contribution in [3.8, 4) is 0 Å². The molecule has 1 N–H and O–H groups in total. The molecule has 0 spiro atoms. The molecule has 1 aromatic heterocycles. The van der Waals surface area contributed by atoms with E-state index in [0.29, 0.717) is 12.0 Å². The van der Waals surface area contributed by atoms with E-state index in [1.807, 2.05) is 31.4 Å². The minimum atomic E-state index is -0.384. The fourth-order valence-corrected chi connectivity index (χ4v) is 6.48. The number of thiophene rings is 1. The fourth-order valence-electron chi connectivity index (χ4n) is 4.56. The summed E-state index contributed by atoms with van der Waals surface area (Å²) in [6.45, 7) is 3.96. The van der Waals surface area contributed by atoms with Gasteiger partial charge >= 0.3 is 5.97 Å². The van der Waals surface area contributed by atoms with E-state index in [4.69, 9.17) is 4.74 Å². The van der Waals surface area contributed by atoms with E-state index < -0.39 is 0 Å². The number of benzene rings is 1. The van der Waals surface area contributed by atoms with E-state index >= 15 is 0 Å². The molecule has 30 heavy (non-hydrogen) atoms. The summed E-state index contributed by atoms with van der Waals surface area (Å²) in [5.74, 6) is -0.523. The lowest BCUT2D eigenvalue weighted by atomic mass is 9.72. The monoisotopic (exact) mass is 439 g/mol. The van der Waals surface area contributed by atoms with Gasteiger partial charge in [-0.15, -0.1) is 23.1 Å². The van der Waals surface area contributed by atoms with Gasteiger partial charge in [-0.3, -0.25) is 4.79 Å². The maximum Gasteiger partial charge on any atom is 0.336 e. The number of rotatable bonds is 4. The zero-order valence-electron chi connectivity index (χ0n) is 17.6. The Balaban J connectivity index is 1.85. The van der Waals surface area contributed by atoms with E-state index in [1.54, 1.807) is 23.1 Å². The topological polar surface area (TPSA) is 55.4 Å². The van der Waals surface area contributed by atoms with Gasteiger partial charge in [0, 0.05) is 28.3 Å². The van der Waals surface area contributed by atoms with Gasteiger partial charge in [-0.25, -0.2) is 4.79 Å². The Kier molecular flexibility index (Phi) is 5.89. The van der Waals surface area contributed by atoms with Gasteiger partial charge in [0.15, 0.2) is 5.78 Å². The summed E-state index contributed by atoms with van der Waals surface area (Å²) in [5.41, 5.74) is 5.17. The van der Waals surface area contributed by atoms with Crippen LogP contribution in [0.2, 0.25) is 0 Å². The van der Waals surface area contributed by atoms with E-state index in [2.05, 4.69) is 30.4 Å². The first-order valence-electron chi connectivity index (χ1n) is 9.96. The summed E-state index contributed by atoms with van der Waals surface area (Å²) in [4.78, 5) is 27.4. The molecule has 2 aromatic rings. The molecule has 4 rings (SSSR count). The quantitative estimate of drug-likeness (QED) is 0.517. The molecule has 2 aliphatic rings. The van der Waals surface area contributed by atoms with Crippen molar-refractivity contribution in [2.75, 3.05) is 13.4 Å². The lowest BCUT2D eigenvalue weighted by Gasteiger charge is -2.36. The van der Waals surface area contributed by atoms with Crippen molar-refractivity contribution >= 4 is 34.9 Å². The van der Waals surface area contributed by atoms with Crippen LogP contribution in [0.5, 0.6) is 0 Å². The van der Waals surface area contributed by atoms with Crippen LogP contribution in [-0.4, -0.2) is 25.1 Å². The molecule has 1 aromatic carbocycles. The van der Waals surface area contributed by atoms with Crippen molar-refractivity contribution in [2.45, 2.75) is 42.7 Å². The molecule has 4 nitrogen and oxygen atoms in total. The van der Waals surface area contributed by atoms with Crippen molar-refractivity contribution < 1.29 is 14.3 Å². The number of allylic oxidation sites excluding steroid dienone is 3. The minimum Gasteiger partial charge on any atom is -0.466 e. The van der Waals surface area contributed by atoms with Crippen LogP contribution in [0.1, 0.15) is 47.6 Å². The fraction of sp³-hybridized carbons (Fsp3) is 0.333. The number of esters is 1. The van der Waals surface area contributed by atoms with Crippen LogP contribution < -0.4 is 5.32 Å². The molecule has 0 unspecified atom stereocenters. The van der Waals surface area contributed by atoms with E-state index in [1.165, 1.54) is 17.6 Å². The maximum atomic E-state index is 13.5.